The lowest BCUT2D eigenvalue weighted by Crippen LogP contribution is -2.29. The van der Waals surface area contributed by atoms with Crippen molar-refractivity contribution >= 4 is 29.2 Å². The fourth-order valence-corrected chi connectivity index (χ4v) is 3.16. The Bertz CT molecular complexity index is 642. The number of rotatable bonds is 4. The first-order valence-electron chi connectivity index (χ1n) is 8.30. The first-order chi connectivity index (χ1) is 11.2. The molecule has 5 heteroatoms. The molecule has 0 radical (unpaired) electrons. The number of nitrogens with zero attached hydrogens (tertiary/aromatic N) is 2. The second-order valence-corrected chi connectivity index (χ2v) is 6.04. The smallest absolute Gasteiger partial charge is 0.223 e. The number of carbonyl (C=O) groups excluding carboxylic acids is 1. The van der Waals surface area contributed by atoms with Crippen LogP contribution >= 0.6 is 0 Å². The first-order valence-corrected chi connectivity index (χ1v) is 8.30. The molecule has 5 nitrogen and oxygen atoms in total. The van der Waals surface area contributed by atoms with Gasteiger partial charge in [0.1, 0.15) is 0 Å². The van der Waals surface area contributed by atoms with Gasteiger partial charge in [-0.3, -0.25) is 9.79 Å². The van der Waals surface area contributed by atoms with E-state index in [0.717, 1.165) is 43.9 Å². The highest BCUT2D eigenvalue weighted by Gasteiger charge is 2.19. The molecular weight excluding hydrogens is 288 g/mol. The van der Waals surface area contributed by atoms with Gasteiger partial charge in [0.05, 0.1) is 18.9 Å². The number of amides is 1. The standard InChI is InChI=1S/C18H24N4O/c1-3-8-22(13(2)23)16-4-5-18-17(10-16)14(6-7-20-18)9-15-11-19-12-21-15/h4-5,9-10,12,15,20H,3,6-8,11H2,1-2H3,(H,19,21)/b14-9+. The average Bonchev–Trinajstić information content (AvgIpc) is 3.05. The number of anilines is 2. The Morgan fingerprint density at radius 2 is 2.35 bits per heavy atom. The monoisotopic (exact) mass is 312 g/mol. The molecule has 23 heavy (non-hydrogen) atoms. The summed E-state index contributed by atoms with van der Waals surface area (Å²) in [5, 5.41) is 6.71. The zero-order valence-corrected chi connectivity index (χ0v) is 13.8. The van der Waals surface area contributed by atoms with Crippen LogP contribution in [0.3, 0.4) is 0 Å². The van der Waals surface area contributed by atoms with Crippen molar-refractivity contribution in [3.63, 3.8) is 0 Å². The minimum Gasteiger partial charge on any atom is -0.384 e. The Balaban J connectivity index is 1.94. The summed E-state index contributed by atoms with van der Waals surface area (Å²) in [7, 11) is 0. The van der Waals surface area contributed by atoms with Gasteiger partial charge in [-0.2, -0.15) is 0 Å². The molecule has 2 heterocycles. The Morgan fingerprint density at radius 3 is 3.04 bits per heavy atom. The predicted molar refractivity (Wildman–Crippen MR) is 96.1 cm³/mol. The third-order valence-corrected chi connectivity index (χ3v) is 4.28. The van der Waals surface area contributed by atoms with Crippen LogP contribution in [0.5, 0.6) is 0 Å². The summed E-state index contributed by atoms with van der Waals surface area (Å²) in [4.78, 5) is 18.0. The zero-order valence-electron chi connectivity index (χ0n) is 13.8. The van der Waals surface area contributed by atoms with Crippen LogP contribution in [-0.2, 0) is 4.79 Å². The lowest BCUT2D eigenvalue weighted by molar-refractivity contribution is -0.116. The summed E-state index contributed by atoms with van der Waals surface area (Å²) in [5.74, 6) is 0.0898. The van der Waals surface area contributed by atoms with Crippen LogP contribution in [0.15, 0.2) is 29.3 Å². The van der Waals surface area contributed by atoms with E-state index in [1.807, 2.05) is 11.0 Å². The van der Waals surface area contributed by atoms with E-state index >= 15 is 0 Å². The van der Waals surface area contributed by atoms with Crippen LogP contribution < -0.4 is 15.5 Å². The van der Waals surface area contributed by atoms with Gasteiger partial charge in [-0.05, 0) is 36.6 Å². The second kappa shape index (κ2) is 6.86. The molecule has 2 aliphatic rings. The van der Waals surface area contributed by atoms with E-state index in [1.165, 1.54) is 11.1 Å². The van der Waals surface area contributed by atoms with Crippen molar-refractivity contribution in [2.24, 2.45) is 4.99 Å². The average molecular weight is 312 g/mol. The molecule has 0 aromatic heterocycles. The maximum absolute atomic E-state index is 11.9. The van der Waals surface area contributed by atoms with Crippen molar-refractivity contribution in [1.82, 2.24) is 5.32 Å². The molecule has 2 N–H and O–H groups in total. The van der Waals surface area contributed by atoms with Crippen LogP contribution in [0.25, 0.3) is 5.57 Å². The molecule has 1 amide bonds. The molecule has 1 atom stereocenters. The lowest BCUT2D eigenvalue weighted by atomic mass is 9.94. The minimum absolute atomic E-state index is 0.0898. The molecule has 1 unspecified atom stereocenters. The van der Waals surface area contributed by atoms with Crippen molar-refractivity contribution in [3.05, 3.63) is 29.8 Å². The van der Waals surface area contributed by atoms with E-state index in [0.29, 0.717) is 0 Å². The van der Waals surface area contributed by atoms with Gasteiger partial charge in [0.25, 0.3) is 0 Å². The summed E-state index contributed by atoms with van der Waals surface area (Å²) in [6.45, 7) is 6.20. The number of benzene rings is 1. The second-order valence-electron chi connectivity index (χ2n) is 6.04. The van der Waals surface area contributed by atoms with Crippen LogP contribution in [0.2, 0.25) is 0 Å². The van der Waals surface area contributed by atoms with Gasteiger partial charge < -0.3 is 15.5 Å². The zero-order chi connectivity index (χ0) is 16.2. The summed E-state index contributed by atoms with van der Waals surface area (Å²) < 4.78 is 0. The molecule has 0 aliphatic carbocycles. The van der Waals surface area contributed by atoms with Crippen LogP contribution in [0.1, 0.15) is 32.3 Å². The molecular formula is C18H24N4O. The van der Waals surface area contributed by atoms with Gasteiger partial charge in [0.2, 0.25) is 5.91 Å². The van der Waals surface area contributed by atoms with Crippen molar-refractivity contribution < 1.29 is 4.79 Å². The van der Waals surface area contributed by atoms with E-state index in [2.05, 4.69) is 40.8 Å². The summed E-state index contributed by atoms with van der Waals surface area (Å²) in [5.41, 5.74) is 4.64. The largest absolute Gasteiger partial charge is 0.384 e. The van der Waals surface area contributed by atoms with Gasteiger partial charge in [0.15, 0.2) is 0 Å². The maximum Gasteiger partial charge on any atom is 0.223 e. The van der Waals surface area contributed by atoms with E-state index < -0.39 is 0 Å². The highest BCUT2D eigenvalue weighted by atomic mass is 16.2. The predicted octanol–water partition coefficient (Wildman–Crippen LogP) is 2.65. The van der Waals surface area contributed by atoms with E-state index in [9.17, 15) is 4.79 Å². The number of hydrogen-bond acceptors (Lipinski definition) is 4. The quantitative estimate of drug-likeness (QED) is 0.898. The molecule has 122 valence electrons. The molecule has 3 rings (SSSR count). The Hall–Kier alpha value is -2.30. The van der Waals surface area contributed by atoms with E-state index in [4.69, 9.17) is 0 Å². The highest BCUT2D eigenvalue weighted by Crippen LogP contribution is 2.34. The van der Waals surface area contributed by atoms with Crippen molar-refractivity contribution in [3.8, 4) is 0 Å². The van der Waals surface area contributed by atoms with Crippen LogP contribution in [0.4, 0.5) is 11.4 Å². The van der Waals surface area contributed by atoms with E-state index in [-0.39, 0.29) is 11.9 Å². The lowest BCUT2D eigenvalue weighted by Gasteiger charge is -2.26. The van der Waals surface area contributed by atoms with Gasteiger partial charge in [-0.25, -0.2) is 0 Å². The summed E-state index contributed by atoms with van der Waals surface area (Å²) >= 11 is 0. The topological polar surface area (TPSA) is 56.7 Å². The van der Waals surface area contributed by atoms with Gasteiger partial charge in [-0.15, -0.1) is 0 Å². The van der Waals surface area contributed by atoms with Gasteiger partial charge >= 0.3 is 0 Å². The first kappa shape index (κ1) is 15.6. The maximum atomic E-state index is 11.9. The molecule has 0 bridgehead atoms. The van der Waals surface area contributed by atoms with Crippen LogP contribution in [0, 0.1) is 0 Å². The Kier molecular flexibility index (Phi) is 4.65. The fourth-order valence-electron chi connectivity index (χ4n) is 3.16. The molecule has 0 fully saturated rings. The molecule has 1 aromatic rings. The minimum atomic E-state index is 0.0898. The SMILES string of the molecule is CCCN(C(C)=O)c1ccc2c(c1)/C(=C/C1CN=CN1)CCN2. The van der Waals surface area contributed by atoms with Gasteiger partial charge in [0, 0.05) is 37.0 Å². The van der Waals surface area contributed by atoms with Gasteiger partial charge in [-0.1, -0.05) is 13.0 Å². The summed E-state index contributed by atoms with van der Waals surface area (Å²) in [6, 6.07) is 6.53. The third kappa shape index (κ3) is 3.38. The normalized spacial score (nSPS) is 20.8. The van der Waals surface area contributed by atoms with Crippen molar-refractivity contribution in [1.29, 1.82) is 0 Å². The molecule has 2 aliphatic heterocycles. The highest BCUT2D eigenvalue weighted by molar-refractivity contribution is 5.93. The number of fused-ring (bicyclic) bond motifs is 1. The Labute approximate surface area is 137 Å². The number of hydrogen-bond donors (Lipinski definition) is 2. The number of carbonyl (C=O) groups is 1. The molecule has 0 spiro atoms. The third-order valence-electron chi connectivity index (χ3n) is 4.28. The van der Waals surface area contributed by atoms with Crippen molar-refractivity contribution in [2.75, 3.05) is 29.9 Å². The van der Waals surface area contributed by atoms with Crippen LogP contribution in [-0.4, -0.2) is 37.9 Å². The number of nitrogens with one attached hydrogen (secondary N) is 2. The Morgan fingerprint density at radius 1 is 1.48 bits per heavy atom. The molecule has 1 aromatic carbocycles. The molecule has 0 saturated carbocycles. The number of aliphatic imine (C=N–C) groups is 1. The summed E-state index contributed by atoms with van der Waals surface area (Å²) in [6.07, 6.45) is 5.98. The van der Waals surface area contributed by atoms with Crippen molar-refractivity contribution in [2.45, 2.75) is 32.7 Å². The van der Waals surface area contributed by atoms with E-state index in [1.54, 1.807) is 13.3 Å². The molecule has 0 saturated heterocycles. The fraction of sp³-hybridized carbons (Fsp3) is 0.444.